The van der Waals surface area contributed by atoms with Gasteiger partial charge in [0.2, 0.25) is 0 Å². The molecule has 3 N–H and O–H groups in total. The maximum atomic E-state index is 12.8. The van der Waals surface area contributed by atoms with Gasteiger partial charge in [-0.2, -0.15) is 0 Å². The van der Waals surface area contributed by atoms with E-state index in [0.717, 1.165) is 10.6 Å². The Morgan fingerprint density at radius 1 is 1.12 bits per heavy atom. The quantitative estimate of drug-likeness (QED) is 0.339. The van der Waals surface area contributed by atoms with Gasteiger partial charge in [0.15, 0.2) is 0 Å². The van der Waals surface area contributed by atoms with Crippen molar-refractivity contribution in [3.05, 3.63) is 64.4 Å². The van der Waals surface area contributed by atoms with Crippen LogP contribution in [0, 0.1) is 5.41 Å². The number of carbonyl (C=O) groups is 1. The van der Waals surface area contributed by atoms with Gasteiger partial charge in [0.1, 0.15) is 40.5 Å². The van der Waals surface area contributed by atoms with Crippen LogP contribution in [0.25, 0.3) is 0 Å². The van der Waals surface area contributed by atoms with Crippen LogP contribution in [0.5, 0.6) is 23.0 Å². The van der Waals surface area contributed by atoms with Crippen molar-refractivity contribution in [2.45, 2.75) is 6.10 Å². The SMILES string of the molecule is COc1cc(O)c(C(=O)N2CC(Oc3ccc(NC(=N)c4cccs4)cc3)C2)c(OC)c1.Cl. The average molecular weight is 490 g/mol. The predicted molar refractivity (Wildman–Crippen MR) is 130 cm³/mol. The molecule has 0 atom stereocenters. The third kappa shape index (κ3) is 5.32. The molecule has 0 aliphatic carbocycles. The molecule has 1 aliphatic heterocycles. The molecule has 0 radical (unpaired) electrons. The molecule has 0 spiro atoms. The lowest BCUT2D eigenvalue weighted by Crippen LogP contribution is -2.56. The van der Waals surface area contributed by atoms with E-state index in [2.05, 4.69) is 5.32 Å². The van der Waals surface area contributed by atoms with Crippen molar-refractivity contribution in [3.63, 3.8) is 0 Å². The third-order valence-corrected chi connectivity index (χ3v) is 5.94. The fraction of sp³-hybridized carbons (Fsp3) is 0.217. The number of benzene rings is 2. The second-order valence-corrected chi connectivity index (χ2v) is 8.12. The number of methoxy groups -OCH3 is 2. The van der Waals surface area contributed by atoms with Gasteiger partial charge in [-0.3, -0.25) is 10.2 Å². The number of anilines is 1. The monoisotopic (exact) mass is 489 g/mol. The summed E-state index contributed by atoms with van der Waals surface area (Å²) < 4.78 is 16.3. The van der Waals surface area contributed by atoms with Crippen molar-refractivity contribution in [3.8, 4) is 23.0 Å². The van der Waals surface area contributed by atoms with Gasteiger partial charge in [-0.25, -0.2) is 0 Å². The molecular weight excluding hydrogens is 466 g/mol. The maximum absolute atomic E-state index is 12.8. The summed E-state index contributed by atoms with van der Waals surface area (Å²) in [5.74, 6) is 1.18. The number of halogens is 1. The lowest BCUT2D eigenvalue weighted by molar-refractivity contribution is 0.0173. The van der Waals surface area contributed by atoms with Crippen molar-refractivity contribution >= 4 is 41.2 Å². The summed E-state index contributed by atoms with van der Waals surface area (Å²) in [5, 5.41) is 23.3. The summed E-state index contributed by atoms with van der Waals surface area (Å²) >= 11 is 1.50. The summed E-state index contributed by atoms with van der Waals surface area (Å²) in [7, 11) is 2.91. The zero-order chi connectivity index (χ0) is 22.7. The van der Waals surface area contributed by atoms with Crippen molar-refractivity contribution in [2.24, 2.45) is 0 Å². The van der Waals surface area contributed by atoms with E-state index in [1.165, 1.54) is 31.6 Å². The summed E-state index contributed by atoms with van der Waals surface area (Å²) in [5.41, 5.74) is 0.901. The molecule has 0 unspecified atom stereocenters. The van der Waals surface area contributed by atoms with Gasteiger partial charge >= 0.3 is 0 Å². The number of thiophene rings is 1. The molecule has 8 nitrogen and oxygen atoms in total. The Kier molecular flexibility index (Phi) is 7.67. The lowest BCUT2D eigenvalue weighted by atomic mass is 10.1. The molecule has 2 aromatic carbocycles. The Morgan fingerprint density at radius 3 is 2.45 bits per heavy atom. The fourth-order valence-corrected chi connectivity index (χ4v) is 3.97. The Hall–Kier alpha value is -3.43. The van der Waals surface area contributed by atoms with Gasteiger partial charge in [-0.15, -0.1) is 23.7 Å². The molecule has 1 amide bonds. The van der Waals surface area contributed by atoms with Crippen LogP contribution < -0.4 is 19.5 Å². The number of carbonyl (C=O) groups excluding carboxylic acids is 1. The fourth-order valence-electron chi connectivity index (χ4n) is 3.34. The molecule has 174 valence electrons. The van der Waals surface area contributed by atoms with E-state index in [-0.39, 0.29) is 41.5 Å². The molecule has 1 aromatic heterocycles. The largest absolute Gasteiger partial charge is 0.507 e. The van der Waals surface area contributed by atoms with Crippen molar-refractivity contribution < 1.29 is 24.1 Å². The highest BCUT2D eigenvalue weighted by Gasteiger charge is 2.35. The van der Waals surface area contributed by atoms with Gasteiger partial charge < -0.3 is 29.5 Å². The first-order valence-electron chi connectivity index (χ1n) is 9.89. The van der Waals surface area contributed by atoms with Crippen LogP contribution in [-0.2, 0) is 0 Å². The molecule has 1 aliphatic rings. The van der Waals surface area contributed by atoms with E-state index in [9.17, 15) is 9.90 Å². The van der Waals surface area contributed by atoms with Gasteiger partial charge in [0.05, 0.1) is 32.2 Å². The minimum Gasteiger partial charge on any atom is -0.507 e. The van der Waals surface area contributed by atoms with Crippen LogP contribution in [0.15, 0.2) is 53.9 Å². The number of likely N-dealkylation sites (tertiary alicyclic amines) is 1. The summed E-state index contributed by atoms with van der Waals surface area (Å²) in [6.45, 7) is 0.799. The van der Waals surface area contributed by atoms with Crippen LogP contribution in [0.1, 0.15) is 15.2 Å². The Morgan fingerprint density at radius 2 is 1.85 bits per heavy atom. The highest BCUT2D eigenvalue weighted by molar-refractivity contribution is 7.12. The van der Waals surface area contributed by atoms with Crippen molar-refractivity contribution in [1.82, 2.24) is 4.90 Å². The molecule has 2 heterocycles. The predicted octanol–water partition coefficient (Wildman–Crippen LogP) is 4.23. The maximum Gasteiger partial charge on any atom is 0.261 e. The van der Waals surface area contributed by atoms with Crippen LogP contribution in [-0.4, -0.2) is 55.2 Å². The second-order valence-electron chi connectivity index (χ2n) is 7.18. The molecule has 1 saturated heterocycles. The molecular formula is C23H24ClN3O5S. The second kappa shape index (κ2) is 10.5. The van der Waals surface area contributed by atoms with E-state index in [0.29, 0.717) is 30.4 Å². The minimum atomic E-state index is -0.325. The topological polar surface area (TPSA) is 104 Å². The molecule has 0 bridgehead atoms. The number of ether oxygens (including phenoxy) is 3. The highest BCUT2D eigenvalue weighted by Crippen LogP contribution is 2.35. The highest BCUT2D eigenvalue weighted by atomic mass is 35.5. The zero-order valence-corrected chi connectivity index (χ0v) is 19.7. The smallest absolute Gasteiger partial charge is 0.261 e. The first-order chi connectivity index (χ1) is 15.5. The van der Waals surface area contributed by atoms with Crippen LogP contribution in [0.2, 0.25) is 0 Å². The van der Waals surface area contributed by atoms with E-state index in [1.807, 2.05) is 41.8 Å². The normalized spacial score (nSPS) is 12.8. The number of phenols is 1. The number of hydrogen-bond acceptors (Lipinski definition) is 7. The van der Waals surface area contributed by atoms with Gasteiger partial charge in [0, 0.05) is 17.8 Å². The Labute approximate surface area is 201 Å². The van der Waals surface area contributed by atoms with Crippen LogP contribution in [0.4, 0.5) is 5.69 Å². The lowest BCUT2D eigenvalue weighted by Gasteiger charge is -2.39. The number of aromatic hydroxyl groups is 1. The number of phenolic OH excluding ortho intramolecular Hbond substituents is 1. The van der Waals surface area contributed by atoms with Gasteiger partial charge in [-0.1, -0.05) is 6.07 Å². The Bertz CT molecular complexity index is 1120. The van der Waals surface area contributed by atoms with Gasteiger partial charge in [0.25, 0.3) is 5.91 Å². The summed E-state index contributed by atoms with van der Waals surface area (Å²) in [6.07, 6.45) is -0.145. The number of hydrogen-bond donors (Lipinski definition) is 3. The molecule has 10 heteroatoms. The molecule has 4 rings (SSSR count). The standard InChI is InChI=1S/C23H23N3O5S.ClH/c1-29-16-10-18(27)21(19(11-16)30-2)23(28)26-12-17(13-26)31-15-7-5-14(6-8-15)25-22(24)20-4-3-9-32-20;/h3-11,17,27H,12-13H2,1-2H3,(H2,24,25);1H. The molecule has 3 aromatic rings. The molecule has 0 saturated carbocycles. The number of rotatable bonds is 7. The van der Waals surface area contributed by atoms with E-state index in [1.54, 1.807) is 11.0 Å². The van der Waals surface area contributed by atoms with Crippen LogP contribution >= 0.6 is 23.7 Å². The van der Waals surface area contributed by atoms with Gasteiger partial charge in [-0.05, 0) is 35.7 Å². The number of amidine groups is 1. The first kappa shape index (κ1) is 24.2. The zero-order valence-electron chi connectivity index (χ0n) is 18.0. The minimum absolute atomic E-state index is 0. The van der Waals surface area contributed by atoms with Crippen molar-refractivity contribution in [1.29, 1.82) is 5.41 Å². The first-order valence-corrected chi connectivity index (χ1v) is 10.8. The van der Waals surface area contributed by atoms with Crippen LogP contribution in [0.3, 0.4) is 0 Å². The van der Waals surface area contributed by atoms with E-state index in [4.69, 9.17) is 19.6 Å². The number of nitrogens with zero attached hydrogens (tertiary/aromatic N) is 1. The third-order valence-electron chi connectivity index (χ3n) is 5.05. The summed E-state index contributed by atoms with van der Waals surface area (Å²) in [4.78, 5) is 15.3. The molecule has 33 heavy (non-hydrogen) atoms. The summed E-state index contributed by atoms with van der Waals surface area (Å²) in [6, 6.07) is 14.1. The number of nitrogens with one attached hydrogen (secondary N) is 2. The van der Waals surface area contributed by atoms with E-state index >= 15 is 0 Å². The van der Waals surface area contributed by atoms with Crippen molar-refractivity contribution in [2.75, 3.05) is 32.6 Å². The number of amides is 1. The average Bonchev–Trinajstić information content (AvgIpc) is 3.31. The Balaban J connectivity index is 0.00000306. The molecule has 1 fully saturated rings. The van der Waals surface area contributed by atoms with E-state index < -0.39 is 0 Å².